The van der Waals surface area contributed by atoms with Gasteiger partial charge in [-0.25, -0.2) is 0 Å². The van der Waals surface area contributed by atoms with E-state index >= 15 is 0 Å². The molecule has 0 unspecified atom stereocenters. The monoisotopic (exact) mass is 215 g/mol. The Morgan fingerprint density at radius 3 is 2.93 bits per heavy atom. The van der Waals surface area contributed by atoms with Crippen LogP contribution < -0.4 is 11.1 Å². The zero-order valence-corrected chi connectivity index (χ0v) is 9.37. The molecule has 0 rings (SSSR count). The molecule has 0 saturated carbocycles. The lowest BCUT2D eigenvalue weighted by Crippen LogP contribution is -2.31. The highest BCUT2D eigenvalue weighted by molar-refractivity contribution is 5.77. The number of hydrogen-bond acceptors (Lipinski definition) is 3. The highest BCUT2D eigenvalue weighted by Crippen LogP contribution is 1.84. The predicted octanol–water partition coefficient (Wildman–Crippen LogP) is 0.130. The minimum atomic E-state index is 0.451. The van der Waals surface area contributed by atoms with Gasteiger partial charge in [0.05, 0.1) is 13.2 Å². The maximum Gasteiger partial charge on any atom is 0.188 e. The molecule has 5 nitrogen and oxygen atoms in total. The van der Waals surface area contributed by atoms with Crippen molar-refractivity contribution in [2.45, 2.75) is 6.42 Å². The van der Waals surface area contributed by atoms with Crippen molar-refractivity contribution in [3.63, 3.8) is 0 Å². The van der Waals surface area contributed by atoms with Gasteiger partial charge in [-0.15, -0.1) is 6.58 Å². The molecule has 0 bridgehead atoms. The van der Waals surface area contributed by atoms with Gasteiger partial charge in [-0.3, -0.25) is 4.99 Å². The largest absolute Gasteiger partial charge is 0.382 e. The van der Waals surface area contributed by atoms with Gasteiger partial charge in [0.15, 0.2) is 5.96 Å². The van der Waals surface area contributed by atoms with Gasteiger partial charge in [0.1, 0.15) is 0 Å². The fraction of sp³-hybridized carbons (Fsp3) is 0.700. The zero-order chi connectivity index (χ0) is 11.4. The lowest BCUT2D eigenvalue weighted by atomic mass is 10.4. The van der Waals surface area contributed by atoms with E-state index in [0.29, 0.717) is 38.9 Å². The van der Waals surface area contributed by atoms with Crippen LogP contribution in [0.3, 0.4) is 0 Å². The second-order valence-corrected chi connectivity index (χ2v) is 2.90. The number of guanidine groups is 1. The van der Waals surface area contributed by atoms with Crippen molar-refractivity contribution in [1.82, 2.24) is 5.32 Å². The number of methoxy groups -OCH3 is 1. The minimum Gasteiger partial charge on any atom is -0.382 e. The molecule has 0 aromatic rings. The van der Waals surface area contributed by atoms with Crippen LogP contribution in [-0.2, 0) is 9.47 Å². The second-order valence-electron chi connectivity index (χ2n) is 2.90. The Hall–Kier alpha value is -1.07. The van der Waals surface area contributed by atoms with Gasteiger partial charge in [-0.2, -0.15) is 0 Å². The van der Waals surface area contributed by atoms with E-state index in [0.717, 1.165) is 6.42 Å². The SMILES string of the molecule is C=CCNC(N)=NCCCOCCOC. The van der Waals surface area contributed by atoms with Crippen LogP contribution in [0.15, 0.2) is 17.6 Å². The Kier molecular flexibility index (Phi) is 10.2. The fourth-order valence-corrected chi connectivity index (χ4v) is 0.843. The summed E-state index contributed by atoms with van der Waals surface area (Å²) in [5, 5.41) is 2.89. The van der Waals surface area contributed by atoms with E-state index in [-0.39, 0.29) is 0 Å². The smallest absolute Gasteiger partial charge is 0.188 e. The third-order valence-electron chi connectivity index (χ3n) is 1.59. The molecule has 0 heterocycles. The predicted molar refractivity (Wildman–Crippen MR) is 62.0 cm³/mol. The van der Waals surface area contributed by atoms with E-state index in [1.54, 1.807) is 13.2 Å². The van der Waals surface area contributed by atoms with E-state index in [1.807, 2.05) is 0 Å². The summed E-state index contributed by atoms with van der Waals surface area (Å²) in [5.74, 6) is 0.451. The number of nitrogens with two attached hydrogens (primary N) is 1. The van der Waals surface area contributed by atoms with Gasteiger partial charge in [-0.1, -0.05) is 6.08 Å². The number of nitrogens with zero attached hydrogens (tertiary/aromatic N) is 1. The van der Waals surface area contributed by atoms with Crippen LogP contribution in [0.2, 0.25) is 0 Å². The normalized spacial score (nSPS) is 11.4. The minimum absolute atomic E-state index is 0.451. The fourth-order valence-electron chi connectivity index (χ4n) is 0.843. The molecular weight excluding hydrogens is 194 g/mol. The van der Waals surface area contributed by atoms with Crippen LogP contribution in [0.5, 0.6) is 0 Å². The lowest BCUT2D eigenvalue weighted by Gasteiger charge is -2.03. The van der Waals surface area contributed by atoms with Crippen molar-refractivity contribution in [3.8, 4) is 0 Å². The molecule has 0 aromatic carbocycles. The van der Waals surface area contributed by atoms with Crippen molar-refractivity contribution in [3.05, 3.63) is 12.7 Å². The molecular formula is C10H21N3O2. The van der Waals surface area contributed by atoms with E-state index in [4.69, 9.17) is 15.2 Å². The average molecular weight is 215 g/mol. The summed E-state index contributed by atoms with van der Waals surface area (Å²) in [6.07, 6.45) is 2.59. The molecule has 0 aliphatic heterocycles. The van der Waals surface area contributed by atoms with Crippen molar-refractivity contribution < 1.29 is 9.47 Å². The Balaban J connectivity index is 3.24. The van der Waals surface area contributed by atoms with E-state index < -0.39 is 0 Å². The van der Waals surface area contributed by atoms with Crippen LogP contribution in [0.1, 0.15) is 6.42 Å². The van der Waals surface area contributed by atoms with E-state index in [2.05, 4.69) is 16.9 Å². The lowest BCUT2D eigenvalue weighted by molar-refractivity contribution is 0.0702. The van der Waals surface area contributed by atoms with Gasteiger partial charge >= 0.3 is 0 Å². The third-order valence-corrected chi connectivity index (χ3v) is 1.59. The molecule has 0 atom stereocenters. The molecule has 0 aliphatic carbocycles. The Morgan fingerprint density at radius 1 is 1.47 bits per heavy atom. The van der Waals surface area contributed by atoms with Crippen LogP contribution in [0, 0.1) is 0 Å². The first-order valence-corrected chi connectivity index (χ1v) is 5.02. The summed E-state index contributed by atoms with van der Waals surface area (Å²) in [5.41, 5.74) is 5.55. The topological polar surface area (TPSA) is 68.9 Å². The summed E-state index contributed by atoms with van der Waals surface area (Å²) in [7, 11) is 1.65. The maximum atomic E-state index is 5.55. The van der Waals surface area contributed by atoms with E-state index in [1.165, 1.54) is 0 Å². The average Bonchev–Trinajstić information content (AvgIpc) is 2.25. The van der Waals surface area contributed by atoms with Gasteiger partial charge in [0.25, 0.3) is 0 Å². The number of rotatable bonds is 9. The number of ether oxygens (including phenoxy) is 2. The van der Waals surface area contributed by atoms with E-state index in [9.17, 15) is 0 Å². The van der Waals surface area contributed by atoms with Crippen molar-refractivity contribution in [2.75, 3.05) is 40.0 Å². The molecule has 0 fully saturated rings. The summed E-state index contributed by atoms with van der Waals surface area (Å²) in [6, 6.07) is 0. The molecule has 0 aliphatic rings. The van der Waals surface area contributed by atoms with Gasteiger partial charge < -0.3 is 20.5 Å². The van der Waals surface area contributed by atoms with Gasteiger partial charge in [0, 0.05) is 26.8 Å². The second kappa shape index (κ2) is 11.0. The zero-order valence-electron chi connectivity index (χ0n) is 9.37. The third kappa shape index (κ3) is 10.9. The maximum absolute atomic E-state index is 5.55. The number of hydrogen-bond donors (Lipinski definition) is 2. The molecule has 88 valence electrons. The summed E-state index contributed by atoms with van der Waals surface area (Å²) < 4.78 is 10.1. The molecule has 0 radical (unpaired) electrons. The Labute approximate surface area is 91.3 Å². The standard InChI is InChI=1S/C10H21N3O2/c1-3-5-12-10(11)13-6-4-7-15-9-8-14-2/h3H,1,4-9H2,2H3,(H3,11,12,13). The molecule has 3 N–H and O–H groups in total. The number of aliphatic imine (C=N–C) groups is 1. The van der Waals surface area contributed by atoms with Crippen molar-refractivity contribution >= 4 is 5.96 Å². The molecule has 15 heavy (non-hydrogen) atoms. The molecule has 0 spiro atoms. The van der Waals surface area contributed by atoms with Gasteiger partial charge in [-0.05, 0) is 6.42 Å². The summed E-state index contributed by atoms with van der Waals surface area (Å²) >= 11 is 0. The van der Waals surface area contributed by atoms with Gasteiger partial charge in [0.2, 0.25) is 0 Å². The van der Waals surface area contributed by atoms with Crippen LogP contribution in [-0.4, -0.2) is 46.0 Å². The van der Waals surface area contributed by atoms with Crippen molar-refractivity contribution in [1.29, 1.82) is 0 Å². The quantitative estimate of drug-likeness (QED) is 0.248. The Morgan fingerprint density at radius 2 is 2.27 bits per heavy atom. The number of nitrogens with one attached hydrogen (secondary N) is 1. The highest BCUT2D eigenvalue weighted by Gasteiger charge is 1.90. The van der Waals surface area contributed by atoms with Crippen LogP contribution in [0.25, 0.3) is 0 Å². The first-order valence-electron chi connectivity index (χ1n) is 5.02. The van der Waals surface area contributed by atoms with Crippen LogP contribution in [0.4, 0.5) is 0 Å². The van der Waals surface area contributed by atoms with Crippen LogP contribution >= 0.6 is 0 Å². The Bertz CT molecular complexity index is 184. The molecule has 0 aromatic heterocycles. The summed E-state index contributed by atoms with van der Waals surface area (Å²) in [6.45, 7) is 6.82. The highest BCUT2D eigenvalue weighted by atomic mass is 16.5. The first kappa shape index (κ1) is 13.9. The molecule has 0 saturated heterocycles. The van der Waals surface area contributed by atoms with Crippen molar-refractivity contribution in [2.24, 2.45) is 10.7 Å². The molecule has 5 heteroatoms. The first-order chi connectivity index (χ1) is 7.31. The molecule has 0 amide bonds. The summed E-state index contributed by atoms with van der Waals surface area (Å²) in [4.78, 5) is 4.10.